The number of halogens is 1. The summed E-state index contributed by atoms with van der Waals surface area (Å²) in [7, 11) is 1.55. The Morgan fingerprint density at radius 2 is 2.04 bits per heavy atom. The molecule has 0 aliphatic heterocycles. The third-order valence-corrected chi connectivity index (χ3v) is 6.01. The van der Waals surface area contributed by atoms with Gasteiger partial charge in [-0.2, -0.15) is 0 Å². The molecule has 1 fully saturated rings. The van der Waals surface area contributed by atoms with Crippen LogP contribution in [0.2, 0.25) is 0 Å². The fourth-order valence-electron chi connectivity index (χ4n) is 3.89. The third kappa shape index (κ3) is 3.56. The van der Waals surface area contributed by atoms with Crippen LogP contribution in [0.4, 0.5) is 5.69 Å². The lowest BCUT2D eigenvalue weighted by molar-refractivity contribution is -0.121. The number of imidazole rings is 1. The van der Waals surface area contributed by atoms with E-state index in [1.54, 1.807) is 25.4 Å². The van der Waals surface area contributed by atoms with Crippen LogP contribution < -0.4 is 15.7 Å². The van der Waals surface area contributed by atoms with Gasteiger partial charge < -0.3 is 15.0 Å². The monoisotopic (exact) mass is 444 g/mol. The second kappa shape index (κ2) is 7.79. The number of benzene rings is 1. The Morgan fingerprint density at radius 3 is 2.71 bits per heavy atom. The van der Waals surface area contributed by atoms with E-state index in [2.05, 4.69) is 31.2 Å². The summed E-state index contributed by atoms with van der Waals surface area (Å²) in [6.45, 7) is 0. The van der Waals surface area contributed by atoms with E-state index in [0.29, 0.717) is 11.6 Å². The number of rotatable bonds is 4. The van der Waals surface area contributed by atoms with Crippen molar-refractivity contribution >= 4 is 38.6 Å². The Bertz CT molecular complexity index is 1050. The molecule has 8 heteroatoms. The summed E-state index contributed by atoms with van der Waals surface area (Å²) in [5.41, 5.74) is 2.28. The summed E-state index contributed by atoms with van der Waals surface area (Å²) in [5, 5.41) is 2.92. The van der Waals surface area contributed by atoms with Crippen LogP contribution >= 0.6 is 15.9 Å². The number of carbonyl (C=O) groups excluding carboxylic acids is 1. The highest BCUT2D eigenvalue weighted by molar-refractivity contribution is 9.10. The van der Waals surface area contributed by atoms with Crippen LogP contribution in [-0.4, -0.2) is 27.6 Å². The van der Waals surface area contributed by atoms with Crippen molar-refractivity contribution in [3.63, 3.8) is 0 Å². The van der Waals surface area contributed by atoms with Gasteiger partial charge >= 0.3 is 5.69 Å². The summed E-state index contributed by atoms with van der Waals surface area (Å²) in [5.74, 6) is 0.444. The molecule has 7 nitrogen and oxygen atoms in total. The first-order chi connectivity index (χ1) is 13.6. The Kier molecular flexibility index (Phi) is 5.21. The Labute approximate surface area is 170 Å². The first kappa shape index (κ1) is 18.7. The van der Waals surface area contributed by atoms with Crippen LogP contribution in [0.3, 0.4) is 0 Å². The average Bonchev–Trinajstić information content (AvgIpc) is 3.06. The molecule has 2 N–H and O–H groups in total. The van der Waals surface area contributed by atoms with Crippen molar-refractivity contribution < 1.29 is 9.53 Å². The Morgan fingerprint density at radius 1 is 1.25 bits per heavy atom. The van der Waals surface area contributed by atoms with Gasteiger partial charge in [0, 0.05) is 22.5 Å². The zero-order chi connectivity index (χ0) is 19.7. The van der Waals surface area contributed by atoms with Crippen molar-refractivity contribution in [1.82, 2.24) is 14.5 Å². The number of anilines is 1. The van der Waals surface area contributed by atoms with Crippen molar-refractivity contribution in [3.8, 4) is 5.88 Å². The number of pyridine rings is 1. The van der Waals surface area contributed by atoms with E-state index in [1.165, 1.54) is 0 Å². The molecule has 0 atom stereocenters. The zero-order valence-corrected chi connectivity index (χ0v) is 17.0. The topological polar surface area (TPSA) is 89.0 Å². The number of aromatic amines is 1. The minimum Gasteiger partial charge on any atom is -0.481 e. The fraction of sp³-hybridized carbons (Fsp3) is 0.350. The van der Waals surface area contributed by atoms with E-state index < -0.39 is 0 Å². The number of nitrogens with zero attached hydrogens (tertiary/aromatic N) is 2. The minimum absolute atomic E-state index is 0.000523. The zero-order valence-electron chi connectivity index (χ0n) is 15.4. The van der Waals surface area contributed by atoms with E-state index in [0.717, 1.165) is 41.2 Å². The first-order valence-corrected chi connectivity index (χ1v) is 10.1. The summed E-state index contributed by atoms with van der Waals surface area (Å²) >= 11 is 3.49. The number of hydrogen-bond acceptors (Lipinski definition) is 4. The second-order valence-corrected chi connectivity index (χ2v) is 7.87. The van der Waals surface area contributed by atoms with Gasteiger partial charge in [-0.15, -0.1) is 0 Å². The van der Waals surface area contributed by atoms with Crippen LogP contribution in [0.15, 0.2) is 45.8 Å². The molecule has 3 aromatic rings. The van der Waals surface area contributed by atoms with Gasteiger partial charge in [-0.1, -0.05) is 6.07 Å². The number of hydrogen-bond donors (Lipinski definition) is 2. The van der Waals surface area contributed by atoms with Crippen molar-refractivity contribution in [2.75, 3.05) is 12.4 Å². The second-order valence-electron chi connectivity index (χ2n) is 7.02. The summed E-state index contributed by atoms with van der Waals surface area (Å²) in [6, 6.07) is 9.39. The molecule has 0 unspecified atom stereocenters. The molecule has 0 spiro atoms. The largest absolute Gasteiger partial charge is 0.481 e. The van der Waals surface area contributed by atoms with Crippen LogP contribution in [0, 0.1) is 5.92 Å². The number of H-pyrrole nitrogens is 1. The first-order valence-electron chi connectivity index (χ1n) is 9.26. The highest BCUT2D eigenvalue weighted by atomic mass is 79.9. The van der Waals surface area contributed by atoms with Gasteiger partial charge in [0.1, 0.15) is 0 Å². The average molecular weight is 445 g/mol. The number of ether oxygens (including phenoxy) is 1. The molecule has 2 heterocycles. The molecule has 2 aromatic heterocycles. The molecule has 28 heavy (non-hydrogen) atoms. The molecule has 0 saturated heterocycles. The van der Waals surface area contributed by atoms with Crippen molar-refractivity contribution in [1.29, 1.82) is 0 Å². The predicted octanol–water partition coefficient (Wildman–Crippen LogP) is 3.87. The lowest BCUT2D eigenvalue weighted by Gasteiger charge is -2.28. The third-order valence-electron chi connectivity index (χ3n) is 5.35. The summed E-state index contributed by atoms with van der Waals surface area (Å²) in [6.07, 6.45) is 4.66. The Hall–Kier alpha value is -2.61. The van der Waals surface area contributed by atoms with E-state index in [4.69, 9.17) is 4.74 Å². The van der Waals surface area contributed by atoms with Gasteiger partial charge in [-0.05, 0) is 59.8 Å². The molecule has 4 rings (SSSR count). The van der Waals surface area contributed by atoms with Crippen molar-refractivity contribution in [2.45, 2.75) is 31.7 Å². The molecular weight excluding hydrogens is 424 g/mol. The van der Waals surface area contributed by atoms with Gasteiger partial charge in [-0.25, -0.2) is 9.78 Å². The van der Waals surface area contributed by atoms with Crippen molar-refractivity contribution in [3.05, 3.63) is 51.5 Å². The van der Waals surface area contributed by atoms with E-state index in [-0.39, 0.29) is 23.6 Å². The van der Waals surface area contributed by atoms with E-state index in [1.807, 2.05) is 22.8 Å². The fourth-order valence-corrected chi connectivity index (χ4v) is 4.35. The molecular formula is C20H21BrN4O3. The van der Waals surface area contributed by atoms with Gasteiger partial charge in [-0.3, -0.25) is 9.36 Å². The standard InChI is InChI=1S/C20H21BrN4O3/c1-28-17-10-7-13(11-22-17)23-19(26)12-5-8-14(9-6-12)25-16-4-2-3-15(21)18(16)24-20(25)27/h2-4,7,10-12,14H,5-6,8-9H2,1H3,(H,23,26)(H,24,27)/t12-,14+. The summed E-state index contributed by atoms with van der Waals surface area (Å²) < 4.78 is 7.74. The number of amides is 1. The maximum Gasteiger partial charge on any atom is 0.326 e. The number of aromatic nitrogens is 3. The molecule has 0 radical (unpaired) electrons. The van der Waals surface area contributed by atoms with Crippen LogP contribution in [0.5, 0.6) is 5.88 Å². The molecule has 1 aliphatic carbocycles. The molecule has 0 bridgehead atoms. The number of fused-ring (bicyclic) bond motifs is 1. The van der Waals surface area contributed by atoms with Gasteiger partial charge in [0.2, 0.25) is 11.8 Å². The predicted molar refractivity (Wildman–Crippen MR) is 111 cm³/mol. The van der Waals surface area contributed by atoms with E-state index in [9.17, 15) is 9.59 Å². The number of methoxy groups -OCH3 is 1. The number of nitrogens with one attached hydrogen (secondary N) is 2. The lowest BCUT2D eigenvalue weighted by atomic mass is 9.85. The van der Waals surface area contributed by atoms with Gasteiger partial charge in [0.05, 0.1) is 30.0 Å². The normalized spacial score (nSPS) is 19.5. The molecule has 146 valence electrons. The van der Waals surface area contributed by atoms with Gasteiger partial charge in [0.25, 0.3) is 0 Å². The SMILES string of the molecule is COc1ccc(NC(=O)[C@H]2CC[C@@H](n3c(=O)[nH]c4c(Br)cccc43)CC2)cn1. The highest BCUT2D eigenvalue weighted by Gasteiger charge is 2.29. The lowest BCUT2D eigenvalue weighted by Crippen LogP contribution is -2.31. The maximum absolute atomic E-state index is 12.6. The van der Waals surface area contributed by atoms with Crippen LogP contribution in [0.25, 0.3) is 11.0 Å². The minimum atomic E-state index is -0.0980. The molecule has 1 aromatic carbocycles. The van der Waals surface area contributed by atoms with Crippen LogP contribution in [-0.2, 0) is 4.79 Å². The number of carbonyl (C=O) groups is 1. The maximum atomic E-state index is 12.6. The molecule has 1 amide bonds. The van der Waals surface area contributed by atoms with Crippen molar-refractivity contribution in [2.24, 2.45) is 5.92 Å². The van der Waals surface area contributed by atoms with E-state index >= 15 is 0 Å². The van der Waals surface area contributed by atoms with Crippen LogP contribution in [0.1, 0.15) is 31.7 Å². The smallest absolute Gasteiger partial charge is 0.326 e. The highest BCUT2D eigenvalue weighted by Crippen LogP contribution is 2.34. The quantitative estimate of drug-likeness (QED) is 0.638. The van der Waals surface area contributed by atoms with Gasteiger partial charge in [0.15, 0.2) is 0 Å². The number of para-hydroxylation sites is 1. The summed E-state index contributed by atoms with van der Waals surface area (Å²) in [4.78, 5) is 32.1. The molecule has 1 aliphatic rings. The molecule has 1 saturated carbocycles. The Balaban J connectivity index is 1.43.